The van der Waals surface area contributed by atoms with Crippen LogP contribution in [0.15, 0.2) is 42.7 Å². The summed E-state index contributed by atoms with van der Waals surface area (Å²) in [6.07, 6.45) is 2.17. The molecule has 0 fully saturated rings. The smallest absolute Gasteiger partial charge is 0.349 e. The Morgan fingerprint density at radius 1 is 1.15 bits per heavy atom. The van der Waals surface area contributed by atoms with Crippen LogP contribution in [0.5, 0.6) is 11.5 Å². The van der Waals surface area contributed by atoms with Gasteiger partial charge >= 0.3 is 5.97 Å². The Morgan fingerprint density at radius 3 is 2.76 bits per heavy atom. The lowest BCUT2D eigenvalue weighted by Crippen LogP contribution is -2.08. The second-order valence-corrected chi connectivity index (χ2v) is 8.33. The number of methoxy groups -OCH3 is 1. The third kappa shape index (κ3) is 4.88. The molecule has 33 heavy (non-hydrogen) atoms. The number of hydrogen-bond donors (Lipinski definition) is 2. The van der Waals surface area contributed by atoms with Crippen LogP contribution in [0.3, 0.4) is 0 Å². The summed E-state index contributed by atoms with van der Waals surface area (Å²) in [5.41, 5.74) is 3.62. The number of aryl methyl sites for hydroxylation is 1. The standard InChI is InChI=1S/C24H24N4O4S/c1-4-32-20-12-21(33-23(20)24(29)30)18-11-22(27-13-26-18)25-10-9-16-15-6-5-14(2)28-17(15)7-8-19(16)31-3/h5-8,11-13H,4,9-10H2,1-3H3,(H,29,30)(H,25,26,27). The average molecular weight is 465 g/mol. The predicted octanol–water partition coefficient (Wildman–Crippen LogP) is 4.82. The fraction of sp³-hybridized carbons (Fsp3) is 0.250. The number of carbonyl (C=O) groups is 1. The van der Waals surface area contributed by atoms with E-state index in [9.17, 15) is 9.90 Å². The van der Waals surface area contributed by atoms with Crippen LogP contribution in [0.25, 0.3) is 21.5 Å². The molecule has 0 amide bonds. The van der Waals surface area contributed by atoms with Crippen molar-refractivity contribution < 1.29 is 19.4 Å². The molecule has 0 aliphatic heterocycles. The van der Waals surface area contributed by atoms with Gasteiger partial charge in [-0.25, -0.2) is 14.8 Å². The first kappa shape index (κ1) is 22.5. The van der Waals surface area contributed by atoms with Crippen molar-refractivity contribution in [2.24, 2.45) is 0 Å². The van der Waals surface area contributed by atoms with Gasteiger partial charge in [0, 0.05) is 35.3 Å². The third-order valence-corrected chi connectivity index (χ3v) is 6.22. The number of aromatic nitrogens is 3. The molecule has 0 unspecified atom stereocenters. The molecule has 0 radical (unpaired) electrons. The molecule has 1 aromatic carbocycles. The molecule has 2 N–H and O–H groups in total. The van der Waals surface area contributed by atoms with Crippen molar-refractivity contribution in [1.29, 1.82) is 0 Å². The monoisotopic (exact) mass is 464 g/mol. The minimum atomic E-state index is -1.02. The van der Waals surface area contributed by atoms with Crippen LogP contribution in [0.2, 0.25) is 0 Å². The molecule has 0 atom stereocenters. The molecule has 8 nitrogen and oxygen atoms in total. The van der Waals surface area contributed by atoms with Gasteiger partial charge in [0.15, 0.2) is 4.88 Å². The first-order valence-corrected chi connectivity index (χ1v) is 11.3. The summed E-state index contributed by atoms with van der Waals surface area (Å²) in [4.78, 5) is 25.6. The number of carboxylic acid groups (broad SMARTS) is 1. The Kier molecular flexibility index (Phi) is 6.69. The van der Waals surface area contributed by atoms with Crippen molar-refractivity contribution in [1.82, 2.24) is 15.0 Å². The van der Waals surface area contributed by atoms with Crippen LogP contribution in [-0.2, 0) is 6.42 Å². The Labute approximate surface area is 195 Å². The normalized spacial score (nSPS) is 10.9. The molecule has 0 saturated heterocycles. The van der Waals surface area contributed by atoms with E-state index in [1.807, 2.05) is 32.0 Å². The summed E-state index contributed by atoms with van der Waals surface area (Å²) in [7, 11) is 1.67. The highest BCUT2D eigenvalue weighted by Crippen LogP contribution is 2.36. The Hall–Kier alpha value is -3.72. The number of carboxylic acids is 1. The molecule has 0 aliphatic carbocycles. The number of aromatic carboxylic acids is 1. The number of rotatable bonds is 9. The van der Waals surface area contributed by atoms with Gasteiger partial charge in [0.2, 0.25) is 0 Å². The maximum atomic E-state index is 11.5. The van der Waals surface area contributed by atoms with Crippen LogP contribution in [-0.4, -0.2) is 46.3 Å². The lowest BCUT2D eigenvalue weighted by atomic mass is 10.0. The molecular formula is C24H24N4O4S. The zero-order valence-corrected chi connectivity index (χ0v) is 19.4. The van der Waals surface area contributed by atoms with Gasteiger partial charge in [-0.2, -0.15) is 0 Å². The quantitative estimate of drug-likeness (QED) is 0.363. The molecule has 4 aromatic rings. The van der Waals surface area contributed by atoms with Crippen LogP contribution < -0.4 is 14.8 Å². The van der Waals surface area contributed by atoms with Gasteiger partial charge < -0.3 is 19.9 Å². The molecule has 170 valence electrons. The van der Waals surface area contributed by atoms with Crippen LogP contribution >= 0.6 is 11.3 Å². The Bertz CT molecular complexity index is 1310. The number of nitrogens with one attached hydrogen (secondary N) is 1. The summed E-state index contributed by atoms with van der Waals surface area (Å²) in [6.45, 7) is 4.80. The van der Waals surface area contributed by atoms with Gasteiger partial charge in [-0.1, -0.05) is 6.07 Å². The van der Waals surface area contributed by atoms with Crippen molar-refractivity contribution in [3.05, 3.63) is 58.9 Å². The predicted molar refractivity (Wildman–Crippen MR) is 129 cm³/mol. The summed E-state index contributed by atoms with van der Waals surface area (Å²) in [6, 6.07) is 11.5. The number of hydrogen-bond acceptors (Lipinski definition) is 8. The van der Waals surface area contributed by atoms with E-state index < -0.39 is 5.97 Å². The number of fused-ring (bicyclic) bond motifs is 1. The number of anilines is 1. The number of thiophene rings is 1. The minimum Gasteiger partial charge on any atom is -0.496 e. The van der Waals surface area contributed by atoms with Gasteiger partial charge in [-0.3, -0.25) is 4.98 Å². The topological polar surface area (TPSA) is 106 Å². The molecule has 9 heteroatoms. The van der Waals surface area contributed by atoms with Crippen molar-refractivity contribution in [2.75, 3.05) is 25.6 Å². The van der Waals surface area contributed by atoms with E-state index in [4.69, 9.17) is 9.47 Å². The highest BCUT2D eigenvalue weighted by Gasteiger charge is 2.18. The van der Waals surface area contributed by atoms with E-state index in [0.29, 0.717) is 41.7 Å². The fourth-order valence-electron chi connectivity index (χ4n) is 3.61. The molecule has 3 heterocycles. The van der Waals surface area contributed by atoms with E-state index in [2.05, 4.69) is 26.3 Å². The van der Waals surface area contributed by atoms with E-state index in [-0.39, 0.29) is 4.88 Å². The van der Waals surface area contributed by atoms with E-state index in [0.717, 1.165) is 39.2 Å². The fourth-order valence-corrected chi connectivity index (χ4v) is 4.52. The third-order valence-electron chi connectivity index (χ3n) is 5.09. The highest BCUT2D eigenvalue weighted by molar-refractivity contribution is 7.17. The summed E-state index contributed by atoms with van der Waals surface area (Å²) in [5.74, 6) is 0.804. The van der Waals surface area contributed by atoms with Gasteiger partial charge in [-0.05, 0) is 38.5 Å². The molecule has 0 saturated carbocycles. The maximum Gasteiger partial charge on any atom is 0.349 e. The highest BCUT2D eigenvalue weighted by atomic mass is 32.1. The lowest BCUT2D eigenvalue weighted by molar-refractivity contribution is 0.0698. The summed E-state index contributed by atoms with van der Waals surface area (Å²) in [5, 5.41) is 13.8. The molecular weight excluding hydrogens is 440 g/mol. The van der Waals surface area contributed by atoms with E-state index in [1.54, 1.807) is 19.2 Å². The Morgan fingerprint density at radius 2 is 2.00 bits per heavy atom. The van der Waals surface area contributed by atoms with E-state index >= 15 is 0 Å². The van der Waals surface area contributed by atoms with Crippen LogP contribution in [0, 0.1) is 6.92 Å². The molecule has 3 aromatic heterocycles. The zero-order chi connectivity index (χ0) is 23.4. The molecule has 0 aliphatic rings. The number of ether oxygens (including phenoxy) is 2. The van der Waals surface area contributed by atoms with Gasteiger partial charge in [-0.15, -0.1) is 11.3 Å². The van der Waals surface area contributed by atoms with Gasteiger partial charge in [0.1, 0.15) is 23.6 Å². The first-order valence-electron chi connectivity index (χ1n) is 10.5. The van der Waals surface area contributed by atoms with Crippen LogP contribution in [0.4, 0.5) is 5.82 Å². The van der Waals surface area contributed by atoms with Crippen molar-refractivity contribution in [3.63, 3.8) is 0 Å². The lowest BCUT2D eigenvalue weighted by Gasteiger charge is -2.13. The number of pyridine rings is 1. The van der Waals surface area contributed by atoms with E-state index in [1.165, 1.54) is 6.33 Å². The molecule has 0 bridgehead atoms. The van der Waals surface area contributed by atoms with Crippen molar-refractivity contribution in [3.8, 4) is 22.1 Å². The Balaban J connectivity index is 1.53. The number of nitrogens with zero attached hydrogens (tertiary/aromatic N) is 3. The number of benzene rings is 1. The largest absolute Gasteiger partial charge is 0.496 e. The summed E-state index contributed by atoms with van der Waals surface area (Å²) < 4.78 is 11.0. The van der Waals surface area contributed by atoms with Gasteiger partial charge in [0.25, 0.3) is 0 Å². The SMILES string of the molecule is CCOc1cc(-c2cc(NCCc3c(OC)ccc4nc(C)ccc34)ncn2)sc1C(=O)O. The van der Waals surface area contributed by atoms with Gasteiger partial charge in [0.05, 0.1) is 29.8 Å². The summed E-state index contributed by atoms with van der Waals surface area (Å²) >= 11 is 1.13. The maximum absolute atomic E-state index is 11.5. The molecule has 0 spiro atoms. The second-order valence-electron chi connectivity index (χ2n) is 7.27. The van der Waals surface area contributed by atoms with Crippen molar-refractivity contribution in [2.45, 2.75) is 20.3 Å². The first-order chi connectivity index (χ1) is 16.0. The zero-order valence-electron chi connectivity index (χ0n) is 18.6. The van der Waals surface area contributed by atoms with Crippen LogP contribution in [0.1, 0.15) is 27.9 Å². The second kappa shape index (κ2) is 9.83. The molecule has 4 rings (SSSR count). The average Bonchev–Trinajstić information content (AvgIpc) is 3.24. The van der Waals surface area contributed by atoms with Crippen molar-refractivity contribution >= 4 is 34.0 Å². The minimum absolute atomic E-state index is 0.159.